The zero-order valence-corrected chi connectivity index (χ0v) is 14.7. The van der Waals surface area contributed by atoms with Crippen molar-refractivity contribution in [2.45, 2.75) is 36.5 Å². The zero-order valence-electron chi connectivity index (χ0n) is 13.1. The van der Waals surface area contributed by atoms with Crippen LogP contribution in [0.3, 0.4) is 0 Å². The molecule has 6 heteroatoms. The quantitative estimate of drug-likeness (QED) is 0.810. The molecule has 0 aliphatic carbocycles. The SMILES string of the molecule is Cc1nc(CSc2ccccc2C(=O)NCC2CCCO2)cs1. The number of nitrogens with zero attached hydrogens (tertiary/aromatic N) is 1. The summed E-state index contributed by atoms with van der Waals surface area (Å²) in [4.78, 5) is 17.9. The van der Waals surface area contributed by atoms with Crippen LogP contribution in [0.1, 0.15) is 33.9 Å². The molecule has 2 heterocycles. The van der Waals surface area contributed by atoms with Gasteiger partial charge in [0.05, 0.1) is 22.4 Å². The van der Waals surface area contributed by atoms with Crippen molar-refractivity contribution >= 4 is 29.0 Å². The molecule has 0 radical (unpaired) electrons. The van der Waals surface area contributed by atoms with E-state index in [4.69, 9.17) is 4.74 Å². The number of carbonyl (C=O) groups is 1. The fraction of sp³-hybridized carbons (Fsp3) is 0.412. The van der Waals surface area contributed by atoms with Gasteiger partial charge in [-0.1, -0.05) is 12.1 Å². The van der Waals surface area contributed by atoms with Crippen LogP contribution in [0, 0.1) is 6.92 Å². The lowest BCUT2D eigenvalue weighted by Crippen LogP contribution is -2.32. The number of nitrogens with one attached hydrogen (secondary N) is 1. The van der Waals surface area contributed by atoms with E-state index in [1.807, 2.05) is 31.2 Å². The number of rotatable bonds is 6. The normalized spacial score (nSPS) is 17.3. The van der Waals surface area contributed by atoms with E-state index in [0.29, 0.717) is 6.54 Å². The smallest absolute Gasteiger partial charge is 0.252 e. The molecule has 1 amide bonds. The third-order valence-corrected chi connectivity index (χ3v) is 5.62. The number of ether oxygens (including phenoxy) is 1. The van der Waals surface area contributed by atoms with Crippen molar-refractivity contribution < 1.29 is 9.53 Å². The first-order chi connectivity index (χ1) is 11.2. The number of carbonyl (C=O) groups excluding carboxylic acids is 1. The van der Waals surface area contributed by atoms with Crippen molar-refractivity contribution in [3.05, 3.63) is 45.9 Å². The molecule has 1 unspecified atom stereocenters. The molecule has 1 aliphatic rings. The zero-order chi connectivity index (χ0) is 16.1. The molecule has 1 atom stereocenters. The van der Waals surface area contributed by atoms with Gasteiger partial charge in [0.1, 0.15) is 0 Å². The molecule has 2 aromatic rings. The third kappa shape index (κ3) is 4.56. The number of hydrogen-bond acceptors (Lipinski definition) is 5. The van der Waals surface area contributed by atoms with Crippen LogP contribution in [0.2, 0.25) is 0 Å². The summed E-state index contributed by atoms with van der Waals surface area (Å²) in [6, 6.07) is 7.73. The summed E-state index contributed by atoms with van der Waals surface area (Å²) >= 11 is 3.31. The molecule has 23 heavy (non-hydrogen) atoms. The number of aromatic nitrogens is 1. The molecule has 0 spiro atoms. The van der Waals surface area contributed by atoms with Gasteiger partial charge in [-0.2, -0.15) is 0 Å². The average molecular weight is 348 g/mol. The molecular formula is C17H20N2O2S2. The molecule has 1 aromatic carbocycles. The monoisotopic (exact) mass is 348 g/mol. The minimum atomic E-state index is -0.0296. The molecular weight excluding hydrogens is 328 g/mol. The van der Waals surface area contributed by atoms with Crippen molar-refractivity contribution in [3.8, 4) is 0 Å². The third-order valence-electron chi connectivity index (χ3n) is 3.69. The lowest BCUT2D eigenvalue weighted by molar-refractivity contribution is 0.0855. The van der Waals surface area contributed by atoms with Crippen LogP contribution in [-0.4, -0.2) is 30.1 Å². The summed E-state index contributed by atoms with van der Waals surface area (Å²) in [7, 11) is 0. The van der Waals surface area contributed by atoms with E-state index >= 15 is 0 Å². The van der Waals surface area contributed by atoms with Gasteiger partial charge in [0.25, 0.3) is 5.91 Å². The van der Waals surface area contributed by atoms with Gasteiger partial charge in [-0.3, -0.25) is 4.79 Å². The van der Waals surface area contributed by atoms with Gasteiger partial charge in [-0.25, -0.2) is 4.98 Å². The second kappa shape index (κ2) is 7.95. The van der Waals surface area contributed by atoms with Crippen molar-refractivity contribution in [1.82, 2.24) is 10.3 Å². The number of amides is 1. The summed E-state index contributed by atoms with van der Waals surface area (Å²) in [6.45, 7) is 3.40. The van der Waals surface area contributed by atoms with Gasteiger partial charge in [-0.05, 0) is 31.9 Å². The van der Waals surface area contributed by atoms with Gasteiger partial charge in [-0.15, -0.1) is 23.1 Å². The van der Waals surface area contributed by atoms with Crippen LogP contribution in [0.4, 0.5) is 0 Å². The number of aryl methyl sites for hydroxylation is 1. The summed E-state index contributed by atoms with van der Waals surface area (Å²) in [5.74, 6) is 0.749. The van der Waals surface area contributed by atoms with E-state index in [9.17, 15) is 4.79 Å². The lowest BCUT2D eigenvalue weighted by atomic mass is 10.2. The van der Waals surface area contributed by atoms with E-state index in [0.717, 1.165) is 46.4 Å². The highest BCUT2D eigenvalue weighted by molar-refractivity contribution is 7.98. The highest BCUT2D eigenvalue weighted by atomic mass is 32.2. The highest BCUT2D eigenvalue weighted by Crippen LogP contribution is 2.27. The molecule has 1 aromatic heterocycles. The fourth-order valence-corrected chi connectivity index (χ4v) is 4.17. The second-order valence-electron chi connectivity index (χ2n) is 5.49. The first-order valence-corrected chi connectivity index (χ1v) is 9.61. The molecule has 1 N–H and O–H groups in total. The van der Waals surface area contributed by atoms with Crippen LogP contribution in [-0.2, 0) is 10.5 Å². The molecule has 3 rings (SSSR count). The van der Waals surface area contributed by atoms with Crippen molar-refractivity contribution in [2.24, 2.45) is 0 Å². The lowest BCUT2D eigenvalue weighted by Gasteiger charge is -2.12. The summed E-state index contributed by atoms with van der Waals surface area (Å²) in [5.41, 5.74) is 1.79. The van der Waals surface area contributed by atoms with Crippen LogP contribution >= 0.6 is 23.1 Å². The molecule has 0 bridgehead atoms. The Labute approximate surface area is 144 Å². The molecule has 4 nitrogen and oxygen atoms in total. The highest BCUT2D eigenvalue weighted by Gasteiger charge is 2.18. The standard InChI is InChI=1S/C17H20N2O2S2/c1-12-19-13(10-22-12)11-23-16-7-3-2-6-15(16)17(20)18-9-14-5-4-8-21-14/h2-3,6-7,10,14H,4-5,8-9,11H2,1H3,(H,18,20). The second-order valence-corrected chi connectivity index (χ2v) is 7.57. The van der Waals surface area contributed by atoms with Gasteiger partial charge in [0.15, 0.2) is 0 Å². The molecule has 1 saturated heterocycles. The van der Waals surface area contributed by atoms with Crippen LogP contribution in [0.15, 0.2) is 34.5 Å². The van der Waals surface area contributed by atoms with E-state index in [1.165, 1.54) is 0 Å². The Morgan fingerprint density at radius 2 is 2.35 bits per heavy atom. The molecule has 122 valence electrons. The van der Waals surface area contributed by atoms with E-state index in [2.05, 4.69) is 15.7 Å². The Balaban J connectivity index is 1.60. The first kappa shape index (κ1) is 16.5. The predicted molar refractivity (Wildman–Crippen MR) is 94.2 cm³/mol. The topological polar surface area (TPSA) is 51.2 Å². The van der Waals surface area contributed by atoms with Crippen LogP contribution in [0.25, 0.3) is 0 Å². The molecule has 1 fully saturated rings. The van der Waals surface area contributed by atoms with Crippen molar-refractivity contribution in [2.75, 3.05) is 13.2 Å². The minimum Gasteiger partial charge on any atom is -0.376 e. The van der Waals surface area contributed by atoms with E-state index in [1.54, 1.807) is 23.1 Å². The number of thioether (sulfide) groups is 1. The Morgan fingerprint density at radius 3 is 3.09 bits per heavy atom. The Hall–Kier alpha value is -1.37. The van der Waals surface area contributed by atoms with E-state index < -0.39 is 0 Å². The first-order valence-electron chi connectivity index (χ1n) is 7.75. The number of hydrogen-bond donors (Lipinski definition) is 1. The molecule has 0 saturated carbocycles. The average Bonchev–Trinajstić information content (AvgIpc) is 3.22. The van der Waals surface area contributed by atoms with Crippen molar-refractivity contribution in [1.29, 1.82) is 0 Å². The summed E-state index contributed by atoms with van der Waals surface area (Å²) < 4.78 is 5.55. The number of benzene rings is 1. The Kier molecular flexibility index (Phi) is 5.70. The van der Waals surface area contributed by atoms with Gasteiger partial charge >= 0.3 is 0 Å². The van der Waals surface area contributed by atoms with Gasteiger partial charge < -0.3 is 10.1 Å². The fourth-order valence-electron chi connectivity index (χ4n) is 2.51. The molecule has 1 aliphatic heterocycles. The maximum atomic E-state index is 12.4. The van der Waals surface area contributed by atoms with Crippen LogP contribution in [0.5, 0.6) is 0 Å². The van der Waals surface area contributed by atoms with Crippen molar-refractivity contribution in [3.63, 3.8) is 0 Å². The van der Waals surface area contributed by atoms with Crippen LogP contribution < -0.4 is 5.32 Å². The van der Waals surface area contributed by atoms with E-state index in [-0.39, 0.29) is 12.0 Å². The van der Waals surface area contributed by atoms with Gasteiger partial charge in [0.2, 0.25) is 0 Å². The number of thiazole rings is 1. The summed E-state index contributed by atoms with van der Waals surface area (Å²) in [6.07, 6.45) is 2.27. The summed E-state index contributed by atoms with van der Waals surface area (Å²) in [5, 5.41) is 6.14. The maximum Gasteiger partial charge on any atom is 0.252 e. The Morgan fingerprint density at radius 1 is 1.48 bits per heavy atom. The minimum absolute atomic E-state index is 0.0296. The maximum absolute atomic E-state index is 12.4. The predicted octanol–water partition coefficient (Wildman–Crippen LogP) is 3.65. The largest absolute Gasteiger partial charge is 0.376 e. The van der Waals surface area contributed by atoms with Gasteiger partial charge in [0, 0.05) is 29.2 Å². The Bertz CT molecular complexity index is 666.